The van der Waals surface area contributed by atoms with Crippen molar-refractivity contribution in [1.82, 2.24) is 9.66 Å². The summed E-state index contributed by atoms with van der Waals surface area (Å²) in [5, 5.41) is 17.4. The minimum atomic E-state index is -0.528. The zero-order chi connectivity index (χ0) is 30.1. The number of nitro groups is 1. The molecule has 0 aliphatic heterocycles. The van der Waals surface area contributed by atoms with Crippen LogP contribution in [0.25, 0.3) is 33.5 Å². The monoisotopic (exact) mass is 702 g/mol. The van der Waals surface area contributed by atoms with E-state index in [1.807, 2.05) is 18.2 Å². The Labute approximate surface area is 260 Å². The first kappa shape index (κ1) is 28.3. The molecule has 0 radical (unpaired) electrons. The number of ether oxygens (including phenoxy) is 2. The van der Waals surface area contributed by atoms with Gasteiger partial charge in [-0.05, 0) is 48.5 Å². The highest BCUT2D eigenvalue weighted by molar-refractivity contribution is 9.11. The Kier molecular flexibility index (Phi) is 7.78. The van der Waals surface area contributed by atoms with Crippen LogP contribution in [0.1, 0.15) is 11.1 Å². The minimum Gasteiger partial charge on any atom is -0.496 e. The lowest BCUT2D eigenvalue weighted by Gasteiger charge is -2.11. The number of halogens is 2. The Morgan fingerprint density at radius 1 is 1.02 bits per heavy atom. The Morgan fingerprint density at radius 2 is 1.84 bits per heavy atom. The zero-order valence-electron chi connectivity index (χ0n) is 22.4. The Hall–Kier alpha value is -4.81. The normalized spacial score (nSPS) is 11.4. The van der Waals surface area contributed by atoms with E-state index in [0.29, 0.717) is 33.2 Å². The maximum absolute atomic E-state index is 13.7. The highest BCUT2D eigenvalue weighted by atomic mass is 79.9. The quantitative estimate of drug-likeness (QED) is 0.0904. The van der Waals surface area contributed by atoms with Crippen molar-refractivity contribution >= 4 is 65.6 Å². The number of benzene rings is 4. The summed E-state index contributed by atoms with van der Waals surface area (Å²) >= 11 is 6.91. The van der Waals surface area contributed by atoms with E-state index in [9.17, 15) is 14.9 Å². The van der Waals surface area contributed by atoms with Crippen molar-refractivity contribution in [2.24, 2.45) is 5.10 Å². The molecule has 0 fully saturated rings. The largest absolute Gasteiger partial charge is 0.496 e. The van der Waals surface area contributed by atoms with E-state index in [4.69, 9.17) is 18.9 Å². The van der Waals surface area contributed by atoms with Gasteiger partial charge in [0, 0.05) is 26.1 Å². The van der Waals surface area contributed by atoms with Crippen LogP contribution < -0.4 is 15.0 Å². The standard InChI is InChI=1S/C31H20Br2N4O6/c1-41-26-10-5-11-27-22(26)15-28(43-27)30-35-24-8-3-2-7-21(24)31(38)36(30)34-16-18-6-4-9-25(37(39)40)29(18)42-17-19-12-13-20(32)14-23(19)33/h2-16H,17H2,1H3. The first-order valence-electron chi connectivity index (χ1n) is 12.8. The van der Waals surface area contributed by atoms with E-state index < -0.39 is 10.5 Å². The zero-order valence-corrected chi connectivity index (χ0v) is 25.5. The van der Waals surface area contributed by atoms with E-state index in [1.54, 1.807) is 61.7 Å². The van der Waals surface area contributed by atoms with Crippen LogP contribution in [0.3, 0.4) is 0 Å². The topological polar surface area (TPSA) is 122 Å². The van der Waals surface area contributed by atoms with Crippen LogP contribution in [0.5, 0.6) is 11.5 Å². The van der Waals surface area contributed by atoms with Gasteiger partial charge in [0.1, 0.15) is 17.9 Å². The maximum Gasteiger partial charge on any atom is 0.311 e. The molecule has 43 heavy (non-hydrogen) atoms. The fourth-order valence-electron chi connectivity index (χ4n) is 4.57. The number of aromatic nitrogens is 2. The molecule has 0 spiro atoms. The molecule has 4 aromatic carbocycles. The second-order valence-electron chi connectivity index (χ2n) is 9.27. The summed E-state index contributed by atoms with van der Waals surface area (Å²) < 4.78 is 20.3. The lowest BCUT2D eigenvalue weighted by atomic mass is 10.2. The molecule has 10 nitrogen and oxygen atoms in total. The summed E-state index contributed by atoms with van der Waals surface area (Å²) in [6.45, 7) is 0.0447. The van der Waals surface area contributed by atoms with Gasteiger partial charge in [0.25, 0.3) is 5.56 Å². The predicted molar refractivity (Wildman–Crippen MR) is 170 cm³/mol. The van der Waals surface area contributed by atoms with Crippen molar-refractivity contribution in [3.63, 3.8) is 0 Å². The molecule has 0 aliphatic rings. The molecule has 0 N–H and O–H groups in total. The number of nitro benzene ring substituents is 1. The highest BCUT2D eigenvalue weighted by Crippen LogP contribution is 2.34. The minimum absolute atomic E-state index is 0.00268. The van der Waals surface area contributed by atoms with Crippen LogP contribution in [0.4, 0.5) is 5.69 Å². The summed E-state index contributed by atoms with van der Waals surface area (Å²) in [6.07, 6.45) is 1.34. The van der Waals surface area contributed by atoms with Gasteiger partial charge in [-0.3, -0.25) is 14.9 Å². The fraction of sp³-hybridized carbons (Fsp3) is 0.0645. The average Bonchev–Trinajstić information content (AvgIpc) is 3.45. The number of nitrogens with zero attached hydrogens (tertiary/aromatic N) is 4. The number of fused-ring (bicyclic) bond motifs is 2. The third kappa shape index (κ3) is 5.54. The van der Waals surface area contributed by atoms with E-state index in [2.05, 4.69) is 37.0 Å². The van der Waals surface area contributed by atoms with E-state index in [-0.39, 0.29) is 29.6 Å². The SMILES string of the molecule is COc1cccc2oc(-c3nc4ccccc4c(=O)n3N=Cc3cccc([N+](=O)[O-])c3OCc3ccc(Br)cc3Br)cc12. The van der Waals surface area contributed by atoms with E-state index in [0.717, 1.165) is 19.2 Å². The molecule has 6 rings (SSSR count). The van der Waals surface area contributed by atoms with Gasteiger partial charge in [0.15, 0.2) is 5.76 Å². The van der Waals surface area contributed by atoms with Gasteiger partial charge in [-0.25, -0.2) is 4.98 Å². The van der Waals surface area contributed by atoms with Crippen molar-refractivity contribution < 1.29 is 18.8 Å². The van der Waals surface area contributed by atoms with Crippen molar-refractivity contribution in [3.8, 4) is 23.1 Å². The van der Waals surface area contributed by atoms with Crippen LogP contribution in [0.15, 0.2) is 108 Å². The Balaban J connectivity index is 1.48. The molecular weight excluding hydrogens is 684 g/mol. The van der Waals surface area contributed by atoms with Gasteiger partial charge >= 0.3 is 5.69 Å². The molecule has 6 aromatic rings. The van der Waals surface area contributed by atoms with Crippen molar-refractivity contribution in [2.45, 2.75) is 6.61 Å². The van der Waals surface area contributed by atoms with Crippen molar-refractivity contribution in [2.75, 3.05) is 7.11 Å². The van der Waals surface area contributed by atoms with Crippen molar-refractivity contribution in [3.05, 3.63) is 125 Å². The van der Waals surface area contributed by atoms with Gasteiger partial charge < -0.3 is 13.9 Å². The summed E-state index contributed by atoms with van der Waals surface area (Å²) in [7, 11) is 1.56. The molecular formula is C31H20Br2N4O6. The molecule has 0 aliphatic carbocycles. The van der Waals surface area contributed by atoms with E-state index >= 15 is 0 Å². The molecule has 0 saturated carbocycles. The van der Waals surface area contributed by atoms with Gasteiger partial charge in [-0.15, -0.1) is 0 Å². The second-order valence-corrected chi connectivity index (χ2v) is 11.0. The number of furan rings is 1. The van der Waals surface area contributed by atoms with Gasteiger partial charge in [-0.1, -0.05) is 62.2 Å². The fourth-order valence-corrected chi connectivity index (χ4v) is 5.73. The number of rotatable bonds is 8. The van der Waals surface area contributed by atoms with Crippen LogP contribution in [0, 0.1) is 10.1 Å². The van der Waals surface area contributed by atoms with Crippen LogP contribution in [-0.4, -0.2) is 27.9 Å². The van der Waals surface area contributed by atoms with Gasteiger partial charge in [-0.2, -0.15) is 9.78 Å². The summed E-state index contributed by atoms with van der Waals surface area (Å²) in [4.78, 5) is 29.8. The smallest absolute Gasteiger partial charge is 0.311 e. The first-order valence-corrected chi connectivity index (χ1v) is 14.4. The lowest BCUT2D eigenvalue weighted by molar-refractivity contribution is -0.386. The number of methoxy groups -OCH3 is 1. The molecule has 0 saturated heterocycles. The highest BCUT2D eigenvalue weighted by Gasteiger charge is 2.21. The van der Waals surface area contributed by atoms with Crippen LogP contribution >= 0.6 is 31.9 Å². The molecule has 2 aromatic heterocycles. The van der Waals surface area contributed by atoms with Gasteiger partial charge in [0.05, 0.1) is 34.5 Å². The summed E-state index contributed by atoms with van der Waals surface area (Å²) in [5.41, 5.74) is 1.38. The van der Waals surface area contributed by atoms with Crippen molar-refractivity contribution in [1.29, 1.82) is 0 Å². The Morgan fingerprint density at radius 3 is 2.63 bits per heavy atom. The molecule has 0 unspecified atom stereocenters. The molecule has 0 amide bonds. The second kappa shape index (κ2) is 11.8. The maximum atomic E-state index is 13.7. The molecule has 0 atom stereocenters. The third-order valence-electron chi connectivity index (χ3n) is 6.64. The number of hydrogen-bond acceptors (Lipinski definition) is 8. The number of hydrogen-bond donors (Lipinski definition) is 0. The van der Waals surface area contributed by atoms with Crippen LogP contribution in [-0.2, 0) is 6.61 Å². The summed E-state index contributed by atoms with van der Waals surface area (Å²) in [6, 6.07) is 24.0. The lowest BCUT2D eigenvalue weighted by Crippen LogP contribution is -2.20. The van der Waals surface area contributed by atoms with Crippen LogP contribution in [0.2, 0.25) is 0 Å². The third-order valence-corrected chi connectivity index (χ3v) is 7.87. The Bertz CT molecular complexity index is 2120. The van der Waals surface area contributed by atoms with E-state index in [1.165, 1.54) is 18.3 Å². The molecule has 214 valence electrons. The predicted octanol–water partition coefficient (Wildman–Crippen LogP) is 7.71. The molecule has 2 heterocycles. The summed E-state index contributed by atoms with van der Waals surface area (Å²) in [5.74, 6) is 1.03. The molecule has 0 bridgehead atoms. The number of para-hydroxylation sites is 2. The average molecular weight is 704 g/mol. The molecule has 12 heteroatoms. The first-order chi connectivity index (χ1) is 20.8. The van der Waals surface area contributed by atoms with Gasteiger partial charge in [0.2, 0.25) is 11.6 Å².